The van der Waals surface area contributed by atoms with Gasteiger partial charge in [0.05, 0.1) is 18.8 Å². The van der Waals surface area contributed by atoms with Crippen molar-refractivity contribution in [2.24, 2.45) is 0 Å². The lowest BCUT2D eigenvalue weighted by Gasteiger charge is -2.19. The summed E-state index contributed by atoms with van der Waals surface area (Å²) in [7, 11) is 0. The van der Waals surface area contributed by atoms with Gasteiger partial charge >= 0.3 is 0 Å². The molecule has 0 bridgehead atoms. The van der Waals surface area contributed by atoms with E-state index < -0.39 is 12.1 Å². The first-order valence-electron chi connectivity index (χ1n) is 30.7. The van der Waals surface area contributed by atoms with Crippen LogP contribution in [0.1, 0.15) is 316 Å². The molecule has 0 aliphatic carbocycles. The van der Waals surface area contributed by atoms with Crippen molar-refractivity contribution in [2.75, 3.05) is 6.61 Å². The maximum Gasteiger partial charge on any atom is 0.220 e. The fourth-order valence-corrected chi connectivity index (χ4v) is 9.22. The lowest BCUT2D eigenvalue weighted by atomic mass is 10.0. The third-order valence-corrected chi connectivity index (χ3v) is 13.9. The zero-order chi connectivity index (χ0) is 49.9. The van der Waals surface area contributed by atoms with Gasteiger partial charge in [-0.1, -0.05) is 299 Å². The Balaban J connectivity index is 3.56. The second kappa shape index (κ2) is 60.1. The predicted molar refractivity (Wildman–Crippen MR) is 308 cm³/mol. The molecular weight excluding hydrogens is 843 g/mol. The van der Waals surface area contributed by atoms with Crippen molar-refractivity contribution in [1.82, 2.24) is 5.32 Å². The van der Waals surface area contributed by atoms with Crippen LogP contribution >= 0.6 is 0 Å². The number of hydrogen-bond donors (Lipinski definition) is 3. The second-order valence-electron chi connectivity index (χ2n) is 20.7. The largest absolute Gasteiger partial charge is 0.394 e. The number of carbonyl (C=O) groups excluding carboxylic acids is 1. The molecule has 0 aromatic heterocycles. The van der Waals surface area contributed by atoms with Crippen LogP contribution in [0.4, 0.5) is 0 Å². The van der Waals surface area contributed by atoms with Gasteiger partial charge in [0.25, 0.3) is 0 Å². The summed E-state index contributed by atoms with van der Waals surface area (Å²) in [5.74, 6) is -0.0812. The van der Waals surface area contributed by atoms with Crippen LogP contribution in [0, 0.1) is 0 Å². The summed E-state index contributed by atoms with van der Waals surface area (Å²) in [6.07, 6.45) is 86.6. The highest BCUT2D eigenvalue weighted by atomic mass is 16.3. The van der Waals surface area contributed by atoms with Gasteiger partial charge < -0.3 is 15.5 Å². The molecule has 0 spiro atoms. The molecule has 0 aromatic rings. The summed E-state index contributed by atoms with van der Waals surface area (Å²) in [6.45, 7) is 4.30. The molecule has 0 radical (unpaired) electrons. The van der Waals surface area contributed by atoms with Crippen LogP contribution in [0.15, 0.2) is 72.9 Å². The van der Waals surface area contributed by atoms with Crippen LogP contribution in [-0.4, -0.2) is 34.9 Å². The molecule has 0 aliphatic rings. The molecule has 0 aliphatic heterocycles. The summed E-state index contributed by atoms with van der Waals surface area (Å²) in [5.41, 5.74) is 0. The first kappa shape index (κ1) is 66.8. The highest BCUT2D eigenvalue weighted by Crippen LogP contribution is 2.17. The van der Waals surface area contributed by atoms with E-state index in [-0.39, 0.29) is 12.5 Å². The predicted octanol–water partition coefficient (Wildman–Crippen LogP) is 20.5. The molecule has 4 heteroatoms. The first-order valence-corrected chi connectivity index (χ1v) is 30.7. The Bertz CT molecular complexity index is 1180. The van der Waals surface area contributed by atoms with Crippen molar-refractivity contribution in [2.45, 2.75) is 328 Å². The number of unbranched alkanes of at least 4 members (excludes halogenated alkanes) is 39. The van der Waals surface area contributed by atoms with Crippen LogP contribution in [0.25, 0.3) is 0 Å². The maximum atomic E-state index is 12.5. The smallest absolute Gasteiger partial charge is 0.220 e. The topological polar surface area (TPSA) is 69.6 Å². The number of aliphatic hydroxyl groups excluding tert-OH is 2. The zero-order valence-corrected chi connectivity index (χ0v) is 46.3. The van der Waals surface area contributed by atoms with Gasteiger partial charge in [0.15, 0.2) is 0 Å². The Labute approximate surface area is 431 Å². The zero-order valence-electron chi connectivity index (χ0n) is 46.3. The molecule has 0 rings (SSSR count). The fraction of sp³-hybridized carbons (Fsp3) is 0.800. The van der Waals surface area contributed by atoms with Crippen LogP contribution in [0.3, 0.4) is 0 Å². The molecule has 0 saturated heterocycles. The molecule has 4 nitrogen and oxygen atoms in total. The number of rotatable bonds is 56. The Morgan fingerprint density at radius 3 is 0.942 bits per heavy atom. The Kier molecular flexibility index (Phi) is 58.2. The lowest BCUT2D eigenvalue weighted by molar-refractivity contribution is -0.123. The summed E-state index contributed by atoms with van der Waals surface area (Å²) in [6, 6.07) is -0.653. The number of carbonyl (C=O) groups is 1. The van der Waals surface area contributed by atoms with Gasteiger partial charge in [-0.15, -0.1) is 0 Å². The van der Waals surface area contributed by atoms with E-state index in [1.165, 1.54) is 244 Å². The van der Waals surface area contributed by atoms with E-state index in [9.17, 15) is 15.0 Å². The number of hydrogen-bond acceptors (Lipinski definition) is 3. The summed E-state index contributed by atoms with van der Waals surface area (Å²) < 4.78 is 0. The fourth-order valence-electron chi connectivity index (χ4n) is 9.22. The summed E-state index contributed by atoms with van der Waals surface area (Å²) >= 11 is 0. The summed E-state index contributed by atoms with van der Waals surface area (Å²) in [5, 5.41) is 23.2. The van der Waals surface area contributed by atoms with Crippen molar-refractivity contribution >= 4 is 5.91 Å². The second-order valence-corrected chi connectivity index (χ2v) is 20.7. The van der Waals surface area contributed by atoms with Crippen molar-refractivity contribution in [3.05, 3.63) is 72.9 Å². The number of allylic oxidation sites excluding steroid dienone is 11. The minimum absolute atomic E-state index is 0.0812. The molecule has 1 amide bonds. The third-order valence-electron chi connectivity index (χ3n) is 13.9. The van der Waals surface area contributed by atoms with Crippen molar-refractivity contribution < 1.29 is 15.0 Å². The van der Waals surface area contributed by atoms with Crippen molar-refractivity contribution in [1.29, 1.82) is 0 Å². The Morgan fingerprint density at radius 1 is 0.348 bits per heavy atom. The van der Waals surface area contributed by atoms with Crippen molar-refractivity contribution in [3.63, 3.8) is 0 Å². The summed E-state index contributed by atoms with van der Waals surface area (Å²) in [4.78, 5) is 12.5. The van der Waals surface area contributed by atoms with E-state index in [2.05, 4.69) is 79.9 Å². The van der Waals surface area contributed by atoms with Gasteiger partial charge in [0.2, 0.25) is 5.91 Å². The minimum atomic E-state index is -0.877. The SMILES string of the molecule is CCCCCCC/C=C\C/C=C\C/C=C\CCCCCCCCCCCCC(=O)NC(CO)C(O)/C=C/CC/C=C/CC/C=C/CCCCCCCCCCCCCCCCCCCCCCCC. The van der Waals surface area contributed by atoms with E-state index in [1.807, 2.05) is 6.08 Å². The number of nitrogens with one attached hydrogen (secondary N) is 1. The van der Waals surface area contributed by atoms with Gasteiger partial charge in [-0.05, 0) is 83.5 Å². The number of amides is 1. The maximum absolute atomic E-state index is 12.5. The van der Waals surface area contributed by atoms with Crippen LogP contribution in [0.5, 0.6) is 0 Å². The average Bonchev–Trinajstić information content (AvgIpc) is 3.35. The molecule has 0 fully saturated rings. The quantitative estimate of drug-likeness (QED) is 0.0420. The van der Waals surface area contributed by atoms with Gasteiger partial charge in [0, 0.05) is 6.42 Å². The first-order chi connectivity index (χ1) is 34.2. The molecule has 0 aromatic carbocycles. The van der Waals surface area contributed by atoms with E-state index in [4.69, 9.17) is 0 Å². The van der Waals surface area contributed by atoms with E-state index in [1.54, 1.807) is 6.08 Å². The van der Waals surface area contributed by atoms with Crippen molar-refractivity contribution in [3.8, 4) is 0 Å². The van der Waals surface area contributed by atoms with Crippen LogP contribution in [-0.2, 0) is 4.79 Å². The van der Waals surface area contributed by atoms with Crippen LogP contribution < -0.4 is 5.32 Å². The van der Waals surface area contributed by atoms with Gasteiger partial charge in [-0.2, -0.15) is 0 Å². The number of aliphatic hydroxyl groups is 2. The highest BCUT2D eigenvalue weighted by Gasteiger charge is 2.18. The monoisotopic (exact) mass is 962 g/mol. The minimum Gasteiger partial charge on any atom is -0.394 e. The van der Waals surface area contributed by atoms with Gasteiger partial charge in [-0.25, -0.2) is 0 Å². The Hall–Kier alpha value is -2.17. The van der Waals surface area contributed by atoms with Crippen LogP contribution in [0.2, 0.25) is 0 Å². The van der Waals surface area contributed by atoms with E-state index in [0.717, 1.165) is 51.4 Å². The molecule has 2 unspecified atom stereocenters. The normalized spacial score (nSPS) is 13.3. The van der Waals surface area contributed by atoms with Gasteiger partial charge in [-0.3, -0.25) is 4.79 Å². The molecule has 2 atom stereocenters. The lowest BCUT2D eigenvalue weighted by Crippen LogP contribution is -2.45. The molecule has 3 N–H and O–H groups in total. The molecule has 69 heavy (non-hydrogen) atoms. The van der Waals surface area contributed by atoms with E-state index in [0.29, 0.717) is 6.42 Å². The molecule has 0 heterocycles. The molecule has 0 saturated carbocycles. The average molecular weight is 963 g/mol. The third kappa shape index (κ3) is 56.6. The Morgan fingerprint density at radius 2 is 0.609 bits per heavy atom. The molecule has 402 valence electrons. The van der Waals surface area contributed by atoms with Gasteiger partial charge in [0.1, 0.15) is 0 Å². The molecular formula is C65H119NO3. The highest BCUT2D eigenvalue weighted by molar-refractivity contribution is 5.76. The van der Waals surface area contributed by atoms with E-state index >= 15 is 0 Å². The standard InChI is InChI=1S/C65H119NO3/c1-3-5-7-9-11-13-15-17-19-21-23-25-27-29-30-31-32-33-34-35-37-38-40-42-44-46-48-50-52-54-56-58-60-64(68)63(62-67)66-65(69)61-59-57-55-53-51-49-47-45-43-41-39-36-28-26-24-22-20-18-16-14-12-10-8-6-4-2/h16,18,22,24,28,36,42,44,50,52,58,60,63-64,67-68H,3-15,17,19-21,23,25-27,29-35,37-41,43,45-49,51,53-57,59,61-62H2,1-2H3,(H,66,69)/b18-16-,24-22-,36-28-,44-42+,52-50+,60-58+.